The number of carbonyl (C=O) groups is 2. The van der Waals surface area contributed by atoms with Gasteiger partial charge in [-0.1, -0.05) is 0 Å². The quantitative estimate of drug-likeness (QED) is 0.394. The van der Waals surface area contributed by atoms with Crippen LogP contribution < -0.4 is 16.4 Å². The van der Waals surface area contributed by atoms with E-state index in [1.165, 1.54) is 0 Å². The van der Waals surface area contributed by atoms with Crippen LogP contribution in [0.2, 0.25) is 0 Å². The number of primary amides is 1. The third-order valence-electron chi connectivity index (χ3n) is 1.12. The predicted octanol–water partition coefficient (Wildman–Crippen LogP) is -2.43. The summed E-state index contributed by atoms with van der Waals surface area (Å²) in [5.74, 6) is -0.480. The van der Waals surface area contributed by atoms with Crippen molar-refractivity contribution in [2.24, 2.45) is 10.7 Å². The molecule has 0 bridgehead atoms. The van der Waals surface area contributed by atoms with E-state index in [2.05, 4.69) is 19.4 Å². The molecule has 1 atom stereocenters. The summed E-state index contributed by atoms with van der Waals surface area (Å²) in [6.45, 7) is 0. The van der Waals surface area contributed by atoms with Crippen LogP contribution in [0.25, 0.3) is 0 Å². The lowest BCUT2D eigenvalue weighted by atomic mass is 10.5. The molecule has 62 valence electrons. The smallest absolute Gasteiger partial charge is 0.485 e. The van der Waals surface area contributed by atoms with Gasteiger partial charge in [0.25, 0.3) is 11.9 Å². The molecule has 4 N–H and O–H groups in total. The lowest BCUT2D eigenvalue weighted by Gasteiger charge is -2.02. The lowest BCUT2D eigenvalue weighted by Crippen LogP contribution is -2.43. The van der Waals surface area contributed by atoms with E-state index >= 15 is 0 Å². The minimum absolute atomic E-state index is 0.0313. The van der Waals surface area contributed by atoms with Gasteiger partial charge in [0.15, 0.2) is 0 Å². The van der Waals surface area contributed by atoms with Crippen LogP contribution in [-0.2, 0) is 8.58 Å². The van der Waals surface area contributed by atoms with Gasteiger partial charge in [-0.2, -0.15) is 0 Å². The van der Waals surface area contributed by atoms with Crippen molar-refractivity contribution >= 4 is 34.6 Å². The standard InChI is InChI=1S/C4H6N4O3.Al/c5-3(10)6-1-2(9)8-4(11)7-1;/h1H,(H3,5,6,10)(H2,7,8,9,11);/q;+1/p-1/t1-;/m1./s1. The average molecular weight is 184 g/mol. The van der Waals surface area contributed by atoms with Gasteiger partial charge in [0, 0.05) is 0 Å². The summed E-state index contributed by atoms with van der Waals surface area (Å²) in [5, 5.41) is 4.36. The molecule has 0 aliphatic carbocycles. The summed E-state index contributed by atoms with van der Waals surface area (Å²) in [6, 6.07) is -0.785. The monoisotopic (exact) mass is 184 g/mol. The minimum atomic E-state index is -0.988. The van der Waals surface area contributed by atoms with E-state index in [4.69, 9.17) is 5.73 Å². The number of nitrogens with two attached hydrogens (primary N) is 1. The maximum Gasteiger partial charge on any atom is 0.485 e. The number of hydrogen-bond acceptors (Lipinski definition) is 4. The predicted molar refractivity (Wildman–Crippen MR) is 38.9 cm³/mol. The molecule has 1 aliphatic heterocycles. The van der Waals surface area contributed by atoms with Crippen LogP contribution in [0.15, 0.2) is 4.99 Å². The third kappa shape index (κ3) is 1.87. The van der Waals surface area contributed by atoms with Crippen LogP contribution in [0.5, 0.6) is 0 Å². The first-order valence-electron chi connectivity index (χ1n) is 2.95. The summed E-state index contributed by atoms with van der Waals surface area (Å²) < 4.78 is 4.54. The number of nitrogens with one attached hydrogen (secondary N) is 2. The Morgan fingerprint density at radius 1 is 1.83 bits per heavy atom. The molecule has 8 heteroatoms. The molecule has 1 rings (SSSR count). The number of aliphatic imine (C=N–C) groups is 1. The second-order valence-electron chi connectivity index (χ2n) is 1.95. The average Bonchev–Trinajstić information content (AvgIpc) is 2.31. The van der Waals surface area contributed by atoms with Crippen molar-refractivity contribution in [2.45, 2.75) is 6.17 Å². The van der Waals surface area contributed by atoms with E-state index < -0.39 is 18.1 Å². The molecule has 0 spiro atoms. The van der Waals surface area contributed by atoms with Crippen LogP contribution >= 0.6 is 0 Å². The Bertz CT molecular complexity index is 253. The molecule has 0 saturated carbocycles. The number of urea groups is 1. The maximum absolute atomic E-state index is 10.9. The first-order valence-corrected chi connectivity index (χ1v) is 3.42. The SMILES string of the molecule is NC(=O)N[C@@H]1N=C([O][Al])NC1=O. The topological polar surface area (TPSA) is 106 Å². The highest BCUT2D eigenvalue weighted by Gasteiger charge is 2.26. The zero-order valence-corrected chi connectivity index (χ0v) is 7.06. The number of hydrogen-bond donors (Lipinski definition) is 3. The number of amides is 3. The van der Waals surface area contributed by atoms with Crippen LogP contribution in [0.1, 0.15) is 0 Å². The molecule has 0 aromatic heterocycles. The van der Waals surface area contributed by atoms with Crippen molar-refractivity contribution in [1.82, 2.24) is 10.6 Å². The Morgan fingerprint density at radius 3 is 2.92 bits per heavy atom. The zero-order chi connectivity index (χ0) is 9.14. The zero-order valence-electron chi connectivity index (χ0n) is 5.90. The molecular formula is C4H5AlN4O3. The van der Waals surface area contributed by atoms with Crippen molar-refractivity contribution < 1.29 is 13.4 Å². The number of nitrogens with zero attached hydrogens (tertiary/aromatic N) is 1. The fourth-order valence-electron chi connectivity index (χ4n) is 0.674. The molecule has 1 heterocycles. The highest BCUT2D eigenvalue weighted by atomic mass is 27.1. The van der Waals surface area contributed by atoms with Gasteiger partial charge in [-0.15, -0.1) is 0 Å². The van der Waals surface area contributed by atoms with Gasteiger partial charge in [-0.3, -0.25) is 10.1 Å². The van der Waals surface area contributed by atoms with Crippen molar-refractivity contribution in [2.75, 3.05) is 0 Å². The van der Waals surface area contributed by atoms with Crippen molar-refractivity contribution in [3.63, 3.8) is 0 Å². The van der Waals surface area contributed by atoms with Crippen LogP contribution in [0, 0.1) is 0 Å². The Hall–Kier alpha value is -1.26. The first-order chi connectivity index (χ1) is 5.63. The first kappa shape index (κ1) is 8.84. The fourth-order valence-corrected chi connectivity index (χ4v) is 0.794. The summed E-state index contributed by atoms with van der Waals surface area (Å²) in [4.78, 5) is 24.8. The lowest BCUT2D eigenvalue weighted by molar-refractivity contribution is -0.120. The number of rotatable bonds is 1. The van der Waals surface area contributed by atoms with Gasteiger partial charge in [0.05, 0.1) is 0 Å². The van der Waals surface area contributed by atoms with Gasteiger partial charge < -0.3 is 14.8 Å². The summed E-state index contributed by atoms with van der Waals surface area (Å²) in [5.41, 5.74) is 4.78. The number of carbonyl (C=O) groups excluding carboxylic acids is 2. The second-order valence-corrected chi connectivity index (χ2v) is 2.19. The highest BCUT2D eigenvalue weighted by molar-refractivity contribution is 6.12. The fraction of sp³-hybridized carbons (Fsp3) is 0.250. The summed E-state index contributed by atoms with van der Waals surface area (Å²) in [6.07, 6.45) is -0.988. The van der Waals surface area contributed by atoms with Crippen LogP contribution in [0.3, 0.4) is 0 Å². The molecule has 2 radical (unpaired) electrons. The van der Waals surface area contributed by atoms with Crippen LogP contribution in [0.4, 0.5) is 4.79 Å². The van der Waals surface area contributed by atoms with E-state index in [-0.39, 0.29) is 6.02 Å². The molecule has 7 nitrogen and oxygen atoms in total. The summed E-state index contributed by atoms with van der Waals surface area (Å²) >= 11 is 1.91. The molecular weight excluding hydrogens is 179 g/mol. The summed E-state index contributed by atoms with van der Waals surface area (Å²) in [7, 11) is 0. The van der Waals surface area contributed by atoms with Gasteiger partial charge in [0.2, 0.25) is 6.17 Å². The molecule has 12 heavy (non-hydrogen) atoms. The van der Waals surface area contributed by atoms with Gasteiger partial charge in [-0.05, 0) is 0 Å². The van der Waals surface area contributed by atoms with E-state index in [0.717, 1.165) is 0 Å². The molecule has 0 fully saturated rings. The highest BCUT2D eigenvalue weighted by Crippen LogP contribution is 1.96. The van der Waals surface area contributed by atoms with Crippen molar-refractivity contribution in [3.05, 3.63) is 0 Å². The van der Waals surface area contributed by atoms with E-state index in [0.29, 0.717) is 0 Å². The molecule has 0 saturated heterocycles. The van der Waals surface area contributed by atoms with Crippen LogP contribution in [-0.4, -0.2) is 40.7 Å². The number of amidine groups is 1. The molecule has 0 unspecified atom stereocenters. The van der Waals surface area contributed by atoms with E-state index in [9.17, 15) is 9.59 Å². The Labute approximate surface area is 76.1 Å². The van der Waals surface area contributed by atoms with Crippen molar-refractivity contribution in [1.29, 1.82) is 0 Å². The van der Waals surface area contributed by atoms with Gasteiger partial charge in [0.1, 0.15) is 0 Å². The maximum atomic E-state index is 10.9. The normalized spacial score (nSPS) is 21.2. The third-order valence-corrected chi connectivity index (χ3v) is 1.34. The Morgan fingerprint density at radius 2 is 2.50 bits per heavy atom. The largest absolute Gasteiger partial charge is 0.627 e. The second kappa shape index (κ2) is 3.43. The van der Waals surface area contributed by atoms with E-state index in [1.54, 1.807) is 0 Å². The molecule has 0 aromatic rings. The van der Waals surface area contributed by atoms with E-state index in [1.807, 2.05) is 16.6 Å². The minimum Gasteiger partial charge on any atom is -0.627 e. The Balaban J connectivity index is 2.60. The van der Waals surface area contributed by atoms with Crippen molar-refractivity contribution in [3.8, 4) is 0 Å². The molecule has 3 amide bonds. The Kier molecular flexibility index (Phi) is 2.52. The van der Waals surface area contributed by atoms with Gasteiger partial charge in [-0.25, -0.2) is 9.79 Å². The molecule has 0 aromatic carbocycles. The molecule has 1 aliphatic rings. The van der Waals surface area contributed by atoms with Gasteiger partial charge >= 0.3 is 22.7 Å².